The molecule has 1 atom stereocenters. The zero-order chi connectivity index (χ0) is 24.1. The van der Waals surface area contributed by atoms with E-state index in [1.54, 1.807) is 14.1 Å². The summed E-state index contributed by atoms with van der Waals surface area (Å²) in [6.45, 7) is 0.398. The molecule has 0 aliphatic carbocycles. The molecule has 0 aliphatic rings. The van der Waals surface area contributed by atoms with E-state index >= 15 is 0 Å². The van der Waals surface area contributed by atoms with Crippen LogP contribution in [-0.2, 0) is 24.3 Å². The highest BCUT2D eigenvalue weighted by Gasteiger charge is 2.24. The highest BCUT2D eigenvalue weighted by molar-refractivity contribution is 7.89. The zero-order valence-corrected chi connectivity index (χ0v) is 18.2. The molecule has 13 heteroatoms. The molecule has 0 bridgehead atoms. The molecule has 2 aromatic carbocycles. The SMILES string of the molecule is CC(OC(=O)CNS(=O)(=O)c1ccc(N(C)C)c([N+](=O)[O-])c1)C(=O)Nc1ccccc1F. The Hall–Kier alpha value is -3.58. The molecule has 0 heterocycles. The van der Waals surface area contributed by atoms with E-state index in [-0.39, 0.29) is 11.4 Å². The maximum atomic E-state index is 13.6. The molecule has 2 rings (SSSR count). The van der Waals surface area contributed by atoms with Crippen molar-refractivity contribution in [1.29, 1.82) is 0 Å². The quantitative estimate of drug-likeness (QED) is 0.321. The van der Waals surface area contributed by atoms with E-state index in [4.69, 9.17) is 4.74 Å². The summed E-state index contributed by atoms with van der Waals surface area (Å²) in [7, 11) is -1.16. The average molecular weight is 468 g/mol. The van der Waals surface area contributed by atoms with Crippen LogP contribution in [0.2, 0.25) is 0 Å². The van der Waals surface area contributed by atoms with E-state index < -0.39 is 55.9 Å². The van der Waals surface area contributed by atoms with Gasteiger partial charge in [0.1, 0.15) is 18.0 Å². The lowest BCUT2D eigenvalue weighted by Crippen LogP contribution is -2.36. The van der Waals surface area contributed by atoms with Gasteiger partial charge in [0.2, 0.25) is 10.0 Å². The molecular weight excluding hydrogens is 447 g/mol. The lowest BCUT2D eigenvalue weighted by atomic mass is 10.2. The van der Waals surface area contributed by atoms with Crippen molar-refractivity contribution < 1.29 is 32.1 Å². The standard InChI is InChI=1S/C19H21FN4O7S/c1-12(19(26)22-15-7-5-4-6-14(15)20)31-18(25)11-21-32(29,30)13-8-9-16(23(2)3)17(10-13)24(27)28/h4-10,12,21H,11H2,1-3H3,(H,22,26). The summed E-state index contributed by atoms with van der Waals surface area (Å²) in [5.74, 6) is -2.58. The highest BCUT2D eigenvalue weighted by Crippen LogP contribution is 2.29. The van der Waals surface area contributed by atoms with E-state index in [2.05, 4.69) is 5.32 Å². The first-order valence-electron chi connectivity index (χ1n) is 9.12. The van der Waals surface area contributed by atoms with Gasteiger partial charge in [0.15, 0.2) is 6.10 Å². The van der Waals surface area contributed by atoms with Crippen LogP contribution in [0, 0.1) is 15.9 Å². The number of nitro groups is 1. The Labute approximate surface area is 183 Å². The van der Waals surface area contributed by atoms with Crippen LogP contribution in [0.1, 0.15) is 6.92 Å². The summed E-state index contributed by atoms with van der Waals surface area (Å²) in [4.78, 5) is 35.5. The Morgan fingerprint density at radius 3 is 2.47 bits per heavy atom. The Morgan fingerprint density at radius 1 is 1.22 bits per heavy atom. The number of carbonyl (C=O) groups excluding carboxylic acids is 2. The summed E-state index contributed by atoms with van der Waals surface area (Å²) < 4.78 is 45.2. The third-order valence-corrected chi connectivity index (χ3v) is 5.55. The molecule has 0 saturated heterocycles. The number of sulfonamides is 1. The molecule has 11 nitrogen and oxygen atoms in total. The van der Waals surface area contributed by atoms with Crippen LogP contribution in [0.5, 0.6) is 0 Å². The van der Waals surface area contributed by atoms with Crippen molar-refractivity contribution in [3.8, 4) is 0 Å². The van der Waals surface area contributed by atoms with Gasteiger partial charge in [-0.3, -0.25) is 19.7 Å². The number of halogens is 1. The number of nitrogens with zero attached hydrogens (tertiary/aromatic N) is 2. The van der Waals surface area contributed by atoms with Crippen LogP contribution in [0.15, 0.2) is 47.4 Å². The minimum atomic E-state index is -4.29. The third kappa shape index (κ3) is 6.21. The number of carbonyl (C=O) groups is 2. The highest BCUT2D eigenvalue weighted by atomic mass is 32.2. The molecule has 0 spiro atoms. The van der Waals surface area contributed by atoms with Crippen molar-refractivity contribution in [2.75, 3.05) is 30.9 Å². The predicted octanol–water partition coefficient (Wildman–Crippen LogP) is 1.65. The number of nitro benzene ring substituents is 1. The second kappa shape index (κ2) is 10.2. The molecule has 0 aromatic heterocycles. The molecule has 0 saturated carbocycles. The largest absolute Gasteiger partial charge is 0.452 e. The number of hydrogen-bond acceptors (Lipinski definition) is 8. The van der Waals surface area contributed by atoms with Gasteiger partial charge in [0, 0.05) is 20.2 Å². The van der Waals surface area contributed by atoms with E-state index in [1.165, 1.54) is 36.1 Å². The van der Waals surface area contributed by atoms with Gasteiger partial charge in [-0.2, -0.15) is 4.72 Å². The Morgan fingerprint density at radius 2 is 1.88 bits per heavy atom. The van der Waals surface area contributed by atoms with Gasteiger partial charge in [0.05, 0.1) is 15.5 Å². The minimum Gasteiger partial charge on any atom is -0.452 e. The molecule has 0 fully saturated rings. The van der Waals surface area contributed by atoms with Gasteiger partial charge in [-0.1, -0.05) is 12.1 Å². The summed E-state index contributed by atoms with van der Waals surface area (Å²) in [6, 6.07) is 8.67. The first-order chi connectivity index (χ1) is 14.9. The van der Waals surface area contributed by atoms with Crippen molar-refractivity contribution in [2.24, 2.45) is 0 Å². The summed E-state index contributed by atoms with van der Waals surface area (Å²) >= 11 is 0. The van der Waals surface area contributed by atoms with Gasteiger partial charge in [-0.05, 0) is 31.2 Å². The first-order valence-corrected chi connectivity index (χ1v) is 10.6. The van der Waals surface area contributed by atoms with Gasteiger partial charge in [-0.25, -0.2) is 12.8 Å². The van der Waals surface area contributed by atoms with Crippen molar-refractivity contribution in [1.82, 2.24) is 4.72 Å². The topological polar surface area (TPSA) is 148 Å². The lowest BCUT2D eigenvalue weighted by Gasteiger charge is -2.15. The fraction of sp³-hybridized carbons (Fsp3) is 0.263. The van der Waals surface area contributed by atoms with Gasteiger partial charge >= 0.3 is 5.97 Å². The van der Waals surface area contributed by atoms with Crippen LogP contribution in [0.4, 0.5) is 21.5 Å². The van der Waals surface area contributed by atoms with Crippen LogP contribution in [0.25, 0.3) is 0 Å². The minimum absolute atomic E-state index is 0.108. The molecule has 0 aliphatic heterocycles. The molecule has 2 aromatic rings. The summed E-state index contributed by atoms with van der Waals surface area (Å²) in [5.41, 5.74) is -0.342. The molecule has 1 unspecified atom stereocenters. The van der Waals surface area contributed by atoms with Gasteiger partial charge < -0.3 is 15.0 Å². The number of ether oxygens (including phenoxy) is 1. The number of esters is 1. The summed E-state index contributed by atoms with van der Waals surface area (Å²) in [5, 5.41) is 13.5. The van der Waals surface area contributed by atoms with Crippen molar-refractivity contribution in [3.05, 3.63) is 58.4 Å². The Balaban J connectivity index is 2.01. The zero-order valence-electron chi connectivity index (χ0n) is 17.4. The van der Waals surface area contributed by atoms with Crippen molar-refractivity contribution >= 4 is 39.0 Å². The van der Waals surface area contributed by atoms with Gasteiger partial charge in [-0.15, -0.1) is 0 Å². The van der Waals surface area contributed by atoms with Crippen LogP contribution >= 0.6 is 0 Å². The fourth-order valence-corrected chi connectivity index (χ4v) is 3.51. The van der Waals surface area contributed by atoms with Crippen LogP contribution in [-0.4, -0.2) is 52.0 Å². The molecular formula is C19H21FN4O7S. The third-order valence-electron chi connectivity index (χ3n) is 4.15. The summed E-state index contributed by atoms with van der Waals surface area (Å²) in [6.07, 6.45) is -1.34. The van der Waals surface area contributed by atoms with Crippen molar-refractivity contribution in [3.63, 3.8) is 0 Å². The molecule has 1 amide bonds. The first kappa shape index (κ1) is 24.7. The smallest absolute Gasteiger partial charge is 0.321 e. The van der Waals surface area contributed by atoms with Gasteiger partial charge in [0.25, 0.3) is 11.6 Å². The number of hydrogen-bond donors (Lipinski definition) is 2. The normalized spacial score (nSPS) is 12.0. The maximum Gasteiger partial charge on any atom is 0.321 e. The molecule has 172 valence electrons. The van der Waals surface area contributed by atoms with E-state index in [0.717, 1.165) is 18.2 Å². The predicted molar refractivity (Wildman–Crippen MR) is 113 cm³/mol. The number of para-hydroxylation sites is 1. The number of benzene rings is 2. The van der Waals surface area contributed by atoms with E-state index in [0.29, 0.717) is 0 Å². The molecule has 2 N–H and O–H groups in total. The van der Waals surface area contributed by atoms with Crippen LogP contribution < -0.4 is 14.9 Å². The second-order valence-electron chi connectivity index (χ2n) is 6.73. The lowest BCUT2D eigenvalue weighted by molar-refractivity contribution is -0.384. The number of anilines is 2. The number of nitrogens with one attached hydrogen (secondary N) is 2. The molecule has 32 heavy (non-hydrogen) atoms. The maximum absolute atomic E-state index is 13.6. The van der Waals surface area contributed by atoms with Crippen LogP contribution in [0.3, 0.4) is 0 Å². The Bertz CT molecular complexity index is 1140. The monoisotopic (exact) mass is 468 g/mol. The molecule has 0 radical (unpaired) electrons. The number of amides is 1. The fourth-order valence-electron chi connectivity index (χ4n) is 2.52. The average Bonchev–Trinajstić information content (AvgIpc) is 2.73. The van der Waals surface area contributed by atoms with Crippen molar-refractivity contribution in [2.45, 2.75) is 17.9 Å². The Kier molecular flexibility index (Phi) is 7.83. The van der Waals surface area contributed by atoms with E-state index in [9.17, 15) is 32.5 Å². The second-order valence-corrected chi connectivity index (χ2v) is 8.49. The number of rotatable bonds is 9. The van der Waals surface area contributed by atoms with E-state index in [1.807, 2.05) is 4.72 Å².